The molecule has 1 atom stereocenters. The Morgan fingerprint density at radius 3 is 2.08 bits per heavy atom. The summed E-state index contributed by atoms with van der Waals surface area (Å²) in [7, 11) is 0. The van der Waals surface area contributed by atoms with Gasteiger partial charge in [-0.2, -0.15) is 5.10 Å². The van der Waals surface area contributed by atoms with Crippen LogP contribution >= 0.6 is 0 Å². The minimum atomic E-state index is 0.199. The molecule has 0 saturated heterocycles. The third-order valence-corrected chi connectivity index (χ3v) is 4.36. The first-order valence-corrected chi connectivity index (χ1v) is 8.14. The maximum atomic E-state index is 5.84. The molecule has 0 aromatic heterocycles. The molecule has 3 nitrogen and oxygen atoms in total. The van der Waals surface area contributed by atoms with E-state index in [1.54, 1.807) is 0 Å². The molecule has 1 aliphatic rings. The number of hydrogen-bond donors (Lipinski definition) is 1. The number of hydrogen-bond acceptors (Lipinski definition) is 3. The Labute approximate surface area is 142 Å². The SMILES string of the molecule is Nc1ccc(N2N=C(c3ccccc3)CC2c2ccccc2)cc1. The average Bonchev–Trinajstić information content (AvgIpc) is 3.09. The van der Waals surface area contributed by atoms with Crippen LogP contribution in [0.15, 0.2) is 90.0 Å². The van der Waals surface area contributed by atoms with E-state index in [1.165, 1.54) is 11.1 Å². The second-order valence-electron chi connectivity index (χ2n) is 5.98. The lowest BCUT2D eigenvalue weighted by atomic mass is 9.98. The van der Waals surface area contributed by atoms with Gasteiger partial charge >= 0.3 is 0 Å². The van der Waals surface area contributed by atoms with Crippen LogP contribution in [-0.4, -0.2) is 5.71 Å². The number of nitrogen functional groups attached to an aromatic ring is 1. The van der Waals surface area contributed by atoms with Crippen LogP contribution < -0.4 is 10.7 Å². The maximum Gasteiger partial charge on any atom is 0.0831 e. The van der Waals surface area contributed by atoms with E-state index < -0.39 is 0 Å². The Kier molecular flexibility index (Phi) is 3.75. The number of rotatable bonds is 3. The molecule has 0 fully saturated rings. The maximum absolute atomic E-state index is 5.84. The van der Waals surface area contributed by atoms with Crippen molar-refractivity contribution < 1.29 is 0 Å². The van der Waals surface area contributed by atoms with E-state index in [1.807, 2.05) is 36.4 Å². The van der Waals surface area contributed by atoms with Crippen molar-refractivity contribution in [3.63, 3.8) is 0 Å². The monoisotopic (exact) mass is 313 g/mol. The molecule has 4 rings (SSSR count). The lowest BCUT2D eigenvalue weighted by Crippen LogP contribution is -2.18. The second kappa shape index (κ2) is 6.20. The summed E-state index contributed by atoms with van der Waals surface area (Å²) in [6, 6.07) is 29.0. The number of nitrogens with two attached hydrogens (primary N) is 1. The molecule has 3 aromatic rings. The fraction of sp³-hybridized carbons (Fsp3) is 0.0952. The number of nitrogens with zero attached hydrogens (tertiary/aromatic N) is 2. The number of anilines is 2. The minimum Gasteiger partial charge on any atom is -0.399 e. The third kappa shape index (κ3) is 2.76. The highest BCUT2D eigenvalue weighted by atomic mass is 15.5. The normalized spacial score (nSPS) is 16.9. The second-order valence-corrected chi connectivity index (χ2v) is 5.98. The Bertz CT molecular complexity index is 839. The Balaban J connectivity index is 1.75. The van der Waals surface area contributed by atoms with E-state index in [4.69, 9.17) is 10.8 Å². The number of hydrazone groups is 1. The Hall–Kier alpha value is -3.07. The van der Waals surface area contributed by atoms with Gasteiger partial charge in [-0.1, -0.05) is 60.7 Å². The summed E-state index contributed by atoms with van der Waals surface area (Å²) < 4.78 is 0. The van der Waals surface area contributed by atoms with E-state index in [0.29, 0.717) is 0 Å². The topological polar surface area (TPSA) is 41.6 Å². The zero-order valence-electron chi connectivity index (χ0n) is 13.3. The molecule has 0 aliphatic carbocycles. The van der Waals surface area contributed by atoms with E-state index in [0.717, 1.165) is 23.5 Å². The van der Waals surface area contributed by atoms with Crippen LogP contribution in [0.5, 0.6) is 0 Å². The molecule has 0 radical (unpaired) electrons. The first-order valence-electron chi connectivity index (χ1n) is 8.14. The van der Waals surface area contributed by atoms with Crippen LogP contribution in [0, 0.1) is 0 Å². The Morgan fingerprint density at radius 1 is 0.792 bits per heavy atom. The molecule has 2 N–H and O–H groups in total. The quantitative estimate of drug-likeness (QED) is 0.717. The summed E-state index contributed by atoms with van der Waals surface area (Å²) in [5, 5.41) is 7.03. The van der Waals surface area contributed by atoms with Gasteiger partial charge in [-0.25, -0.2) is 0 Å². The number of benzene rings is 3. The van der Waals surface area contributed by atoms with E-state index in [9.17, 15) is 0 Å². The van der Waals surface area contributed by atoms with Crippen molar-refractivity contribution in [3.05, 3.63) is 96.1 Å². The summed E-state index contributed by atoms with van der Waals surface area (Å²) in [4.78, 5) is 0. The molecule has 0 bridgehead atoms. The zero-order chi connectivity index (χ0) is 16.4. The summed E-state index contributed by atoms with van der Waals surface area (Å²) in [5.74, 6) is 0. The van der Waals surface area contributed by atoms with Crippen LogP contribution in [0.1, 0.15) is 23.6 Å². The summed E-state index contributed by atoms with van der Waals surface area (Å²) in [5.41, 5.74) is 11.2. The van der Waals surface area contributed by atoms with Gasteiger partial charge in [0, 0.05) is 12.1 Å². The van der Waals surface area contributed by atoms with Crippen LogP contribution in [0.2, 0.25) is 0 Å². The molecule has 3 heteroatoms. The van der Waals surface area contributed by atoms with Gasteiger partial charge in [0.1, 0.15) is 0 Å². The first-order chi connectivity index (χ1) is 11.8. The molecular formula is C21H19N3. The van der Waals surface area contributed by atoms with Gasteiger partial charge in [-0.3, -0.25) is 5.01 Å². The average molecular weight is 313 g/mol. The lowest BCUT2D eigenvalue weighted by Gasteiger charge is -2.24. The van der Waals surface area contributed by atoms with Gasteiger partial charge in [0.05, 0.1) is 17.4 Å². The Morgan fingerprint density at radius 2 is 1.42 bits per heavy atom. The summed E-state index contributed by atoms with van der Waals surface area (Å²) in [6.07, 6.45) is 0.887. The molecule has 1 unspecified atom stereocenters. The smallest absolute Gasteiger partial charge is 0.0831 e. The molecular weight excluding hydrogens is 294 g/mol. The van der Waals surface area contributed by atoms with Crippen molar-refractivity contribution in [2.24, 2.45) is 5.10 Å². The predicted molar refractivity (Wildman–Crippen MR) is 100 cm³/mol. The van der Waals surface area contributed by atoms with Crippen LogP contribution in [0.3, 0.4) is 0 Å². The van der Waals surface area contributed by atoms with Gasteiger partial charge in [-0.15, -0.1) is 0 Å². The predicted octanol–water partition coefficient (Wildman–Crippen LogP) is 4.62. The largest absolute Gasteiger partial charge is 0.399 e. The van der Waals surface area contributed by atoms with E-state index >= 15 is 0 Å². The first kappa shape index (κ1) is 14.5. The van der Waals surface area contributed by atoms with Crippen LogP contribution in [-0.2, 0) is 0 Å². The van der Waals surface area contributed by atoms with Crippen molar-refractivity contribution in [3.8, 4) is 0 Å². The van der Waals surface area contributed by atoms with Crippen molar-refractivity contribution >= 4 is 17.1 Å². The van der Waals surface area contributed by atoms with Crippen LogP contribution in [0.25, 0.3) is 0 Å². The van der Waals surface area contributed by atoms with Crippen molar-refractivity contribution in [2.75, 3.05) is 10.7 Å². The third-order valence-electron chi connectivity index (χ3n) is 4.36. The van der Waals surface area contributed by atoms with Gasteiger partial charge in [0.25, 0.3) is 0 Å². The zero-order valence-corrected chi connectivity index (χ0v) is 13.3. The highest BCUT2D eigenvalue weighted by Crippen LogP contribution is 2.36. The molecule has 3 aromatic carbocycles. The fourth-order valence-electron chi connectivity index (χ4n) is 3.12. The minimum absolute atomic E-state index is 0.199. The highest BCUT2D eigenvalue weighted by molar-refractivity contribution is 6.03. The lowest BCUT2D eigenvalue weighted by molar-refractivity contribution is 0.709. The van der Waals surface area contributed by atoms with E-state index in [2.05, 4.69) is 53.5 Å². The van der Waals surface area contributed by atoms with Gasteiger partial charge < -0.3 is 5.73 Å². The molecule has 0 amide bonds. The molecule has 1 heterocycles. The molecule has 118 valence electrons. The van der Waals surface area contributed by atoms with Crippen molar-refractivity contribution in [1.29, 1.82) is 0 Å². The summed E-state index contributed by atoms with van der Waals surface area (Å²) >= 11 is 0. The highest BCUT2D eigenvalue weighted by Gasteiger charge is 2.29. The van der Waals surface area contributed by atoms with Gasteiger partial charge in [0.15, 0.2) is 0 Å². The molecule has 0 saturated carbocycles. The molecule has 24 heavy (non-hydrogen) atoms. The van der Waals surface area contributed by atoms with Gasteiger partial charge in [-0.05, 0) is 35.4 Å². The fourth-order valence-corrected chi connectivity index (χ4v) is 3.12. The summed E-state index contributed by atoms with van der Waals surface area (Å²) in [6.45, 7) is 0. The molecule has 1 aliphatic heterocycles. The standard InChI is InChI=1S/C21H19N3/c22-18-11-13-19(14-12-18)24-21(17-9-5-2-6-10-17)15-20(23-24)16-7-3-1-4-8-16/h1-14,21H,15,22H2. The van der Waals surface area contributed by atoms with Gasteiger partial charge in [0.2, 0.25) is 0 Å². The molecule has 0 spiro atoms. The van der Waals surface area contributed by atoms with E-state index in [-0.39, 0.29) is 6.04 Å². The van der Waals surface area contributed by atoms with Crippen molar-refractivity contribution in [2.45, 2.75) is 12.5 Å². The van der Waals surface area contributed by atoms with Crippen LogP contribution in [0.4, 0.5) is 11.4 Å². The van der Waals surface area contributed by atoms with Crippen molar-refractivity contribution in [1.82, 2.24) is 0 Å².